The Morgan fingerprint density at radius 3 is 2.53 bits per heavy atom. The predicted molar refractivity (Wildman–Crippen MR) is 112 cm³/mol. The van der Waals surface area contributed by atoms with Crippen LogP contribution in [0.4, 0.5) is 0 Å². The van der Waals surface area contributed by atoms with E-state index in [-0.39, 0.29) is 17.7 Å². The minimum Gasteiger partial charge on any atom is -0.493 e. The summed E-state index contributed by atoms with van der Waals surface area (Å²) in [6.07, 6.45) is 3.63. The summed E-state index contributed by atoms with van der Waals surface area (Å²) in [5.41, 5.74) is 1.15. The molecular formula is C23H27N3O4. The Hall–Kier alpha value is -2.93. The monoisotopic (exact) mass is 409 g/mol. The number of ether oxygens (including phenoxy) is 2. The molecule has 2 amide bonds. The van der Waals surface area contributed by atoms with Crippen LogP contribution >= 0.6 is 0 Å². The van der Waals surface area contributed by atoms with Crippen molar-refractivity contribution in [2.45, 2.75) is 12.8 Å². The number of carbonyl (C=O) groups is 2. The molecule has 0 radical (unpaired) electrons. The number of aromatic nitrogens is 1. The number of piperidine rings is 1. The molecule has 158 valence electrons. The van der Waals surface area contributed by atoms with Crippen molar-refractivity contribution >= 4 is 11.8 Å². The van der Waals surface area contributed by atoms with Crippen LogP contribution in [0, 0.1) is 5.92 Å². The topological polar surface area (TPSA) is 72.0 Å². The Balaban J connectivity index is 1.29. The number of morpholine rings is 1. The van der Waals surface area contributed by atoms with E-state index in [0.29, 0.717) is 50.7 Å². The molecule has 4 rings (SSSR count). The van der Waals surface area contributed by atoms with Gasteiger partial charge in [-0.2, -0.15) is 0 Å². The van der Waals surface area contributed by atoms with Crippen molar-refractivity contribution in [2.24, 2.45) is 5.92 Å². The van der Waals surface area contributed by atoms with Gasteiger partial charge < -0.3 is 19.3 Å². The molecule has 0 N–H and O–H groups in total. The number of carbonyl (C=O) groups excluding carboxylic acids is 2. The highest BCUT2D eigenvalue weighted by Crippen LogP contribution is 2.21. The lowest BCUT2D eigenvalue weighted by atomic mass is 9.98. The van der Waals surface area contributed by atoms with Crippen molar-refractivity contribution in [2.75, 3.05) is 46.0 Å². The van der Waals surface area contributed by atoms with Crippen molar-refractivity contribution in [1.82, 2.24) is 14.8 Å². The van der Waals surface area contributed by atoms with E-state index in [1.807, 2.05) is 46.2 Å². The van der Waals surface area contributed by atoms with E-state index < -0.39 is 0 Å². The van der Waals surface area contributed by atoms with Gasteiger partial charge in [0.25, 0.3) is 11.8 Å². The molecule has 7 nitrogen and oxygen atoms in total. The lowest BCUT2D eigenvalue weighted by Gasteiger charge is -2.32. The molecule has 1 atom stereocenters. The number of benzene rings is 1. The van der Waals surface area contributed by atoms with E-state index in [9.17, 15) is 9.59 Å². The van der Waals surface area contributed by atoms with Crippen LogP contribution in [-0.4, -0.2) is 72.6 Å². The van der Waals surface area contributed by atoms with Gasteiger partial charge in [0.15, 0.2) is 0 Å². The van der Waals surface area contributed by atoms with E-state index in [4.69, 9.17) is 9.47 Å². The summed E-state index contributed by atoms with van der Waals surface area (Å²) in [5, 5.41) is 0. The number of pyridine rings is 1. The standard InChI is InChI=1S/C23H27N3O4/c27-22(25-12-14-29-15-13-25)19-6-8-20(9-7-19)30-17-18-4-3-11-26(16-18)23(28)21-5-1-2-10-24-21/h1-2,5-10,18H,3-4,11-17H2/t18-/m1/s1. The Bertz CT molecular complexity index is 851. The number of amides is 2. The molecule has 0 saturated carbocycles. The summed E-state index contributed by atoms with van der Waals surface area (Å²) in [5.74, 6) is 1.02. The second-order valence-corrected chi connectivity index (χ2v) is 7.71. The van der Waals surface area contributed by atoms with Crippen LogP contribution in [0.2, 0.25) is 0 Å². The highest BCUT2D eigenvalue weighted by atomic mass is 16.5. The van der Waals surface area contributed by atoms with Crippen LogP contribution in [0.3, 0.4) is 0 Å². The Labute approximate surface area is 176 Å². The van der Waals surface area contributed by atoms with Crippen LogP contribution in [-0.2, 0) is 4.74 Å². The van der Waals surface area contributed by atoms with Crippen molar-refractivity contribution in [3.8, 4) is 5.75 Å². The highest BCUT2D eigenvalue weighted by Gasteiger charge is 2.25. The quantitative estimate of drug-likeness (QED) is 0.759. The maximum absolute atomic E-state index is 12.6. The van der Waals surface area contributed by atoms with Gasteiger partial charge in [0.2, 0.25) is 0 Å². The third kappa shape index (κ3) is 4.97. The van der Waals surface area contributed by atoms with Gasteiger partial charge in [-0.3, -0.25) is 14.6 Å². The van der Waals surface area contributed by atoms with Crippen molar-refractivity contribution in [1.29, 1.82) is 0 Å². The Morgan fingerprint density at radius 2 is 1.80 bits per heavy atom. The second-order valence-electron chi connectivity index (χ2n) is 7.71. The smallest absolute Gasteiger partial charge is 0.272 e. The molecule has 2 aliphatic heterocycles. The molecule has 7 heteroatoms. The summed E-state index contributed by atoms with van der Waals surface area (Å²) < 4.78 is 11.3. The normalized spacial score (nSPS) is 19.4. The first-order valence-electron chi connectivity index (χ1n) is 10.5. The number of hydrogen-bond acceptors (Lipinski definition) is 5. The zero-order valence-corrected chi connectivity index (χ0v) is 17.0. The molecule has 1 aromatic carbocycles. The molecule has 0 bridgehead atoms. The van der Waals surface area contributed by atoms with Crippen LogP contribution < -0.4 is 4.74 Å². The molecule has 0 aliphatic carbocycles. The van der Waals surface area contributed by atoms with Gasteiger partial charge in [-0.05, 0) is 49.2 Å². The minimum absolute atomic E-state index is 0.0220. The summed E-state index contributed by atoms with van der Waals surface area (Å²) in [4.78, 5) is 33.0. The van der Waals surface area contributed by atoms with Gasteiger partial charge in [-0.15, -0.1) is 0 Å². The fourth-order valence-electron chi connectivity index (χ4n) is 3.89. The zero-order chi connectivity index (χ0) is 20.8. The average Bonchev–Trinajstić information content (AvgIpc) is 2.83. The molecule has 30 heavy (non-hydrogen) atoms. The number of rotatable bonds is 5. The SMILES string of the molecule is O=C(c1ccc(OC[C@@H]2CCCN(C(=O)c3ccccn3)C2)cc1)N1CCOCC1. The van der Waals surface area contributed by atoms with Crippen LogP contribution in [0.15, 0.2) is 48.7 Å². The van der Waals surface area contributed by atoms with Gasteiger partial charge in [-0.1, -0.05) is 6.07 Å². The largest absolute Gasteiger partial charge is 0.493 e. The molecule has 2 aliphatic rings. The lowest BCUT2D eigenvalue weighted by molar-refractivity contribution is 0.0303. The number of likely N-dealkylation sites (tertiary alicyclic amines) is 1. The van der Waals surface area contributed by atoms with Crippen molar-refractivity contribution in [3.63, 3.8) is 0 Å². The van der Waals surface area contributed by atoms with E-state index in [1.165, 1.54) is 0 Å². The Morgan fingerprint density at radius 1 is 1.00 bits per heavy atom. The first-order valence-corrected chi connectivity index (χ1v) is 10.5. The average molecular weight is 409 g/mol. The predicted octanol–water partition coefficient (Wildman–Crippen LogP) is 2.49. The van der Waals surface area contributed by atoms with Crippen molar-refractivity contribution in [3.05, 3.63) is 59.9 Å². The van der Waals surface area contributed by atoms with Crippen molar-refractivity contribution < 1.29 is 19.1 Å². The van der Waals surface area contributed by atoms with E-state index in [2.05, 4.69) is 4.98 Å². The molecule has 3 heterocycles. The first kappa shape index (κ1) is 20.3. The van der Waals surface area contributed by atoms with E-state index in [0.717, 1.165) is 25.1 Å². The van der Waals surface area contributed by atoms with Crippen LogP contribution in [0.1, 0.15) is 33.7 Å². The minimum atomic E-state index is -0.0220. The highest BCUT2D eigenvalue weighted by molar-refractivity contribution is 5.94. The maximum Gasteiger partial charge on any atom is 0.272 e. The molecule has 2 aromatic rings. The molecule has 2 fully saturated rings. The lowest BCUT2D eigenvalue weighted by Crippen LogP contribution is -2.41. The zero-order valence-electron chi connectivity index (χ0n) is 17.0. The number of nitrogens with zero attached hydrogens (tertiary/aromatic N) is 3. The molecule has 0 spiro atoms. The summed E-state index contributed by atoms with van der Waals surface area (Å²) in [6.45, 7) is 4.41. The van der Waals surface area contributed by atoms with Gasteiger partial charge >= 0.3 is 0 Å². The van der Waals surface area contributed by atoms with E-state index in [1.54, 1.807) is 12.3 Å². The van der Waals surface area contributed by atoms with Gasteiger partial charge in [0.05, 0.1) is 19.8 Å². The maximum atomic E-state index is 12.6. The van der Waals surface area contributed by atoms with Crippen LogP contribution in [0.5, 0.6) is 5.75 Å². The molecule has 0 unspecified atom stereocenters. The number of hydrogen-bond donors (Lipinski definition) is 0. The second kappa shape index (κ2) is 9.71. The molecular weight excluding hydrogens is 382 g/mol. The van der Waals surface area contributed by atoms with Crippen LogP contribution in [0.25, 0.3) is 0 Å². The molecule has 2 saturated heterocycles. The summed E-state index contributed by atoms with van der Waals surface area (Å²) >= 11 is 0. The summed E-state index contributed by atoms with van der Waals surface area (Å²) in [6, 6.07) is 12.7. The van der Waals surface area contributed by atoms with Gasteiger partial charge in [-0.25, -0.2) is 0 Å². The fraction of sp³-hybridized carbons (Fsp3) is 0.435. The van der Waals surface area contributed by atoms with Gasteiger partial charge in [0, 0.05) is 43.9 Å². The Kier molecular flexibility index (Phi) is 6.59. The molecule has 1 aromatic heterocycles. The fourth-order valence-corrected chi connectivity index (χ4v) is 3.89. The summed E-state index contributed by atoms with van der Waals surface area (Å²) in [7, 11) is 0. The third-order valence-corrected chi connectivity index (χ3v) is 5.58. The van der Waals surface area contributed by atoms with Gasteiger partial charge in [0.1, 0.15) is 11.4 Å². The van der Waals surface area contributed by atoms with E-state index >= 15 is 0 Å². The first-order chi connectivity index (χ1) is 14.7. The third-order valence-electron chi connectivity index (χ3n) is 5.58.